The SMILES string of the molecule is NC1CCC(C(C2CCC(N)CC2)C2(N)CCCCC2N)CC1. The van der Waals surface area contributed by atoms with Crippen LogP contribution in [0.2, 0.25) is 0 Å². The highest BCUT2D eigenvalue weighted by Crippen LogP contribution is 2.48. The van der Waals surface area contributed by atoms with E-state index in [4.69, 9.17) is 22.9 Å². The zero-order valence-corrected chi connectivity index (χ0v) is 14.8. The van der Waals surface area contributed by atoms with Crippen LogP contribution >= 0.6 is 0 Å². The largest absolute Gasteiger partial charge is 0.328 e. The maximum Gasteiger partial charge on any atom is 0.0341 e. The molecule has 3 saturated carbocycles. The maximum absolute atomic E-state index is 7.09. The summed E-state index contributed by atoms with van der Waals surface area (Å²) in [5, 5.41) is 0. The van der Waals surface area contributed by atoms with Gasteiger partial charge in [-0.15, -0.1) is 0 Å². The molecule has 0 saturated heterocycles. The molecule has 3 aliphatic carbocycles. The molecular formula is C19H38N4. The van der Waals surface area contributed by atoms with E-state index in [1.807, 2.05) is 0 Å². The van der Waals surface area contributed by atoms with Gasteiger partial charge in [-0.1, -0.05) is 12.8 Å². The summed E-state index contributed by atoms with van der Waals surface area (Å²) in [6, 6.07) is 0.980. The van der Waals surface area contributed by atoms with Crippen LogP contribution in [0.15, 0.2) is 0 Å². The molecule has 3 fully saturated rings. The molecule has 0 aromatic heterocycles. The minimum Gasteiger partial charge on any atom is -0.328 e. The van der Waals surface area contributed by atoms with Gasteiger partial charge in [0.15, 0.2) is 0 Å². The van der Waals surface area contributed by atoms with Crippen molar-refractivity contribution in [1.82, 2.24) is 0 Å². The van der Waals surface area contributed by atoms with Crippen molar-refractivity contribution < 1.29 is 0 Å². The van der Waals surface area contributed by atoms with Crippen molar-refractivity contribution in [3.63, 3.8) is 0 Å². The molecule has 0 radical (unpaired) electrons. The molecule has 0 aromatic carbocycles. The molecule has 8 N–H and O–H groups in total. The smallest absolute Gasteiger partial charge is 0.0341 e. The van der Waals surface area contributed by atoms with Crippen molar-refractivity contribution in [3.8, 4) is 0 Å². The Bertz CT molecular complexity index is 350. The average molecular weight is 323 g/mol. The Labute approximate surface area is 142 Å². The number of hydrogen-bond donors (Lipinski definition) is 4. The van der Waals surface area contributed by atoms with Crippen LogP contribution in [0.25, 0.3) is 0 Å². The van der Waals surface area contributed by atoms with Crippen molar-refractivity contribution in [2.75, 3.05) is 0 Å². The van der Waals surface area contributed by atoms with Crippen molar-refractivity contribution in [2.24, 2.45) is 40.7 Å². The molecule has 0 aromatic rings. The predicted octanol–water partition coefficient (Wildman–Crippen LogP) is 2.24. The van der Waals surface area contributed by atoms with E-state index >= 15 is 0 Å². The molecule has 4 nitrogen and oxygen atoms in total. The molecule has 0 spiro atoms. The number of nitrogens with two attached hydrogens (primary N) is 4. The predicted molar refractivity (Wildman–Crippen MR) is 96.7 cm³/mol. The second kappa shape index (κ2) is 7.38. The highest BCUT2D eigenvalue weighted by molar-refractivity contribution is 5.06. The fourth-order valence-electron chi connectivity index (χ4n) is 5.93. The van der Waals surface area contributed by atoms with E-state index in [-0.39, 0.29) is 11.6 Å². The van der Waals surface area contributed by atoms with Crippen molar-refractivity contribution >= 4 is 0 Å². The topological polar surface area (TPSA) is 104 Å². The molecule has 0 amide bonds. The van der Waals surface area contributed by atoms with Gasteiger partial charge in [0, 0.05) is 23.7 Å². The van der Waals surface area contributed by atoms with Gasteiger partial charge >= 0.3 is 0 Å². The number of hydrogen-bond acceptors (Lipinski definition) is 4. The van der Waals surface area contributed by atoms with Gasteiger partial charge in [-0.3, -0.25) is 0 Å². The van der Waals surface area contributed by atoms with Gasteiger partial charge in [-0.25, -0.2) is 0 Å². The monoisotopic (exact) mass is 322 g/mol. The molecule has 2 unspecified atom stereocenters. The lowest BCUT2D eigenvalue weighted by molar-refractivity contribution is 0.0289. The van der Waals surface area contributed by atoms with Crippen LogP contribution in [0, 0.1) is 17.8 Å². The summed E-state index contributed by atoms with van der Waals surface area (Å²) in [5.74, 6) is 2.03. The normalized spacial score (nSPS) is 47.2. The molecule has 3 rings (SSSR count). The molecule has 0 heterocycles. The lowest BCUT2D eigenvalue weighted by atomic mass is 9.57. The second-order valence-corrected chi connectivity index (χ2v) is 8.84. The highest BCUT2D eigenvalue weighted by Gasteiger charge is 2.49. The Balaban J connectivity index is 1.80. The Morgan fingerprint density at radius 1 is 0.652 bits per heavy atom. The minimum absolute atomic E-state index is 0.156. The molecule has 2 atom stereocenters. The summed E-state index contributed by atoms with van der Waals surface area (Å²) in [7, 11) is 0. The third-order valence-corrected chi connectivity index (χ3v) is 7.33. The van der Waals surface area contributed by atoms with Gasteiger partial charge in [0.2, 0.25) is 0 Å². The van der Waals surface area contributed by atoms with Gasteiger partial charge in [0.25, 0.3) is 0 Å². The van der Waals surface area contributed by atoms with E-state index in [9.17, 15) is 0 Å². The zero-order chi connectivity index (χ0) is 16.4. The van der Waals surface area contributed by atoms with Gasteiger partial charge in [-0.2, -0.15) is 0 Å². The van der Waals surface area contributed by atoms with Crippen LogP contribution in [0.5, 0.6) is 0 Å². The van der Waals surface area contributed by atoms with Crippen LogP contribution in [-0.4, -0.2) is 23.7 Å². The van der Waals surface area contributed by atoms with Crippen LogP contribution in [0.3, 0.4) is 0 Å². The minimum atomic E-state index is -0.156. The van der Waals surface area contributed by atoms with Crippen molar-refractivity contribution in [2.45, 2.75) is 101 Å². The lowest BCUT2D eigenvalue weighted by Crippen LogP contribution is -2.65. The molecule has 4 heteroatoms. The van der Waals surface area contributed by atoms with Crippen molar-refractivity contribution in [3.05, 3.63) is 0 Å². The standard InChI is InChI=1S/C19H38N4/c20-15-8-4-13(5-9-15)18(14-6-10-16(21)11-7-14)19(23)12-2-1-3-17(19)22/h13-18H,1-12,20-23H2. The van der Waals surface area contributed by atoms with E-state index in [0.29, 0.717) is 18.0 Å². The van der Waals surface area contributed by atoms with Gasteiger partial charge in [0.1, 0.15) is 0 Å². The summed E-state index contributed by atoms with van der Waals surface area (Å²) >= 11 is 0. The summed E-state index contributed by atoms with van der Waals surface area (Å²) in [4.78, 5) is 0. The zero-order valence-electron chi connectivity index (χ0n) is 14.8. The molecule has 0 aliphatic heterocycles. The lowest BCUT2D eigenvalue weighted by Gasteiger charge is -2.53. The summed E-state index contributed by atoms with van der Waals surface area (Å²) in [6.45, 7) is 0. The average Bonchev–Trinajstić information content (AvgIpc) is 2.54. The molecule has 134 valence electrons. The van der Waals surface area contributed by atoms with E-state index in [0.717, 1.165) is 24.7 Å². The van der Waals surface area contributed by atoms with E-state index in [1.165, 1.54) is 64.2 Å². The summed E-state index contributed by atoms with van der Waals surface area (Å²) < 4.78 is 0. The maximum atomic E-state index is 7.09. The van der Waals surface area contributed by atoms with E-state index in [2.05, 4.69) is 0 Å². The molecular weight excluding hydrogens is 284 g/mol. The second-order valence-electron chi connectivity index (χ2n) is 8.84. The Morgan fingerprint density at radius 2 is 1.13 bits per heavy atom. The van der Waals surface area contributed by atoms with Gasteiger partial charge in [0.05, 0.1) is 0 Å². The number of rotatable bonds is 3. The fourth-order valence-corrected chi connectivity index (χ4v) is 5.93. The third kappa shape index (κ3) is 3.76. The van der Waals surface area contributed by atoms with Crippen LogP contribution in [0.1, 0.15) is 77.0 Å². The molecule has 3 aliphatic rings. The first-order valence-electron chi connectivity index (χ1n) is 10.1. The van der Waals surface area contributed by atoms with Crippen LogP contribution in [0.4, 0.5) is 0 Å². The van der Waals surface area contributed by atoms with Crippen molar-refractivity contribution in [1.29, 1.82) is 0 Å². The Hall–Kier alpha value is -0.160. The Kier molecular flexibility index (Phi) is 5.67. The highest BCUT2D eigenvalue weighted by atomic mass is 14.9. The van der Waals surface area contributed by atoms with Crippen LogP contribution in [-0.2, 0) is 0 Å². The summed E-state index contributed by atoms with van der Waals surface area (Å²) in [6.07, 6.45) is 14.4. The van der Waals surface area contributed by atoms with E-state index < -0.39 is 0 Å². The first kappa shape index (κ1) is 17.7. The quantitative estimate of drug-likeness (QED) is 0.639. The first-order chi connectivity index (χ1) is 11.0. The third-order valence-electron chi connectivity index (χ3n) is 7.33. The van der Waals surface area contributed by atoms with Gasteiger partial charge in [-0.05, 0) is 82.0 Å². The molecule has 0 bridgehead atoms. The summed E-state index contributed by atoms with van der Waals surface area (Å²) in [5.41, 5.74) is 25.9. The van der Waals surface area contributed by atoms with Gasteiger partial charge < -0.3 is 22.9 Å². The first-order valence-corrected chi connectivity index (χ1v) is 10.1. The van der Waals surface area contributed by atoms with Crippen LogP contribution < -0.4 is 22.9 Å². The molecule has 23 heavy (non-hydrogen) atoms. The fraction of sp³-hybridized carbons (Fsp3) is 1.00. The Morgan fingerprint density at radius 3 is 1.57 bits per heavy atom. The van der Waals surface area contributed by atoms with E-state index in [1.54, 1.807) is 0 Å².